The molecule has 7 heteroatoms. The number of carbonyl (C=O) groups is 2. The summed E-state index contributed by atoms with van der Waals surface area (Å²) in [5, 5.41) is 12.2. The summed E-state index contributed by atoms with van der Waals surface area (Å²) in [6, 6.07) is 7.89. The van der Waals surface area contributed by atoms with E-state index in [-0.39, 0.29) is 36.9 Å². The van der Waals surface area contributed by atoms with Crippen molar-refractivity contribution < 1.29 is 19.4 Å². The zero-order valence-electron chi connectivity index (χ0n) is 15.0. The van der Waals surface area contributed by atoms with Crippen LogP contribution in [0.1, 0.15) is 18.4 Å². The first-order chi connectivity index (χ1) is 12.6. The molecule has 0 atom stereocenters. The lowest BCUT2D eigenvalue weighted by Gasteiger charge is -2.16. The summed E-state index contributed by atoms with van der Waals surface area (Å²) in [5.41, 5.74) is 2.47. The predicted molar refractivity (Wildman–Crippen MR) is 97.3 cm³/mol. The first-order valence-electron chi connectivity index (χ1n) is 8.92. The number of rotatable bonds is 7. The minimum Gasteiger partial charge on any atom is -0.466 e. The molecule has 26 heavy (non-hydrogen) atoms. The minimum absolute atomic E-state index is 0.140. The van der Waals surface area contributed by atoms with Gasteiger partial charge < -0.3 is 20.1 Å². The van der Waals surface area contributed by atoms with Gasteiger partial charge in [-0.05, 0) is 43.6 Å². The average Bonchev–Trinajstić information content (AvgIpc) is 3.26. The molecule has 1 fully saturated rings. The number of esters is 1. The second kappa shape index (κ2) is 8.33. The fourth-order valence-corrected chi connectivity index (χ4v) is 3.39. The molecular formula is C19H25N3O4. The Bertz CT molecular complexity index is 693. The van der Waals surface area contributed by atoms with Crippen LogP contribution in [0.15, 0.2) is 35.5 Å². The number of ether oxygens (including phenoxy) is 1. The number of likely N-dealkylation sites (tertiary alicyclic amines) is 1. The van der Waals surface area contributed by atoms with Gasteiger partial charge >= 0.3 is 5.97 Å². The molecule has 1 saturated heterocycles. The van der Waals surface area contributed by atoms with E-state index in [1.165, 1.54) is 30.4 Å². The van der Waals surface area contributed by atoms with Gasteiger partial charge in [-0.15, -0.1) is 0 Å². The smallest absolute Gasteiger partial charge is 0.337 e. The SMILES string of the molecule is COC(=O)C1=C(Nc2ccc(CN3CCCC3)cc2)C(=O)N(CCO)C1. The van der Waals surface area contributed by atoms with Gasteiger partial charge in [0.25, 0.3) is 5.91 Å². The Labute approximate surface area is 153 Å². The van der Waals surface area contributed by atoms with Crippen molar-refractivity contribution in [1.82, 2.24) is 9.80 Å². The van der Waals surface area contributed by atoms with Crippen molar-refractivity contribution in [1.29, 1.82) is 0 Å². The van der Waals surface area contributed by atoms with Crippen LogP contribution in [0.3, 0.4) is 0 Å². The normalized spacial score (nSPS) is 17.9. The molecule has 0 radical (unpaired) electrons. The average molecular weight is 359 g/mol. The molecule has 2 N–H and O–H groups in total. The maximum absolute atomic E-state index is 12.5. The molecule has 0 bridgehead atoms. The van der Waals surface area contributed by atoms with Gasteiger partial charge in [-0.3, -0.25) is 9.69 Å². The maximum atomic E-state index is 12.5. The van der Waals surface area contributed by atoms with Gasteiger partial charge in [0.2, 0.25) is 0 Å². The molecule has 1 aromatic rings. The summed E-state index contributed by atoms with van der Waals surface area (Å²) in [6.07, 6.45) is 2.52. The molecule has 0 aromatic heterocycles. The Morgan fingerprint density at radius 1 is 1.23 bits per heavy atom. The van der Waals surface area contributed by atoms with Crippen molar-refractivity contribution in [2.24, 2.45) is 0 Å². The van der Waals surface area contributed by atoms with Crippen LogP contribution in [-0.2, 0) is 20.9 Å². The Kier molecular flexibility index (Phi) is 5.90. The molecule has 140 valence electrons. The summed E-state index contributed by atoms with van der Waals surface area (Å²) in [5.74, 6) is -0.840. The molecule has 0 saturated carbocycles. The summed E-state index contributed by atoms with van der Waals surface area (Å²) in [4.78, 5) is 28.3. The van der Waals surface area contributed by atoms with Crippen molar-refractivity contribution in [2.45, 2.75) is 19.4 Å². The van der Waals surface area contributed by atoms with Crippen LogP contribution in [-0.4, -0.2) is 66.7 Å². The lowest BCUT2D eigenvalue weighted by molar-refractivity contribution is -0.136. The Morgan fingerprint density at radius 3 is 2.54 bits per heavy atom. The van der Waals surface area contributed by atoms with E-state index < -0.39 is 5.97 Å². The van der Waals surface area contributed by atoms with Crippen LogP contribution in [0.5, 0.6) is 0 Å². The molecular weight excluding hydrogens is 334 g/mol. The minimum atomic E-state index is -0.535. The van der Waals surface area contributed by atoms with Crippen LogP contribution in [0.25, 0.3) is 0 Å². The van der Waals surface area contributed by atoms with Gasteiger partial charge in [-0.2, -0.15) is 0 Å². The quantitative estimate of drug-likeness (QED) is 0.706. The van der Waals surface area contributed by atoms with Crippen molar-refractivity contribution in [3.8, 4) is 0 Å². The zero-order chi connectivity index (χ0) is 18.5. The lowest BCUT2D eigenvalue weighted by atomic mass is 10.1. The molecule has 2 aliphatic rings. The first kappa shape index (κ1) is 18.4. The van der Waals surface area contributed by atoms with Crippen LogP contribution in [0.2, 0.25) is 0 Å². The first-order valence-corrected chi connectivity index (χ1v) is 8.92. The van der Waals surface area contributed by atoms with E-state index in [2.05, 4.69) is 10.2 Å². The molecule has 2 heterocycles. The highest BCUT2D eigenvalue weighted by Gasteiger charge is 2.34. The fourth-order valence-electron chi connectivity index (χ4n) is 3.39. The zero-order valence-corrected chi connectivity index (χ0v) is 15.0. The summed E-state index contributed by atoms with van der Waals surface area (Å²) in [6.45, 7) is 3.38. The number of amides is 1. The van der Waals surface area contributed by atoms with E-state index in [9.17, 15) is 9.59 Å². The van der Waals surface area contributed by atoms with E-state index >= 15 is 0 Å². The molecule has 1 amide bonds. The number of nitrogens with zero attached hydrogens (tertiary/aromatic N) is 2. The van der Waals surface area contributed by atoms with Crippen molar-refractivity contribution in [3.63, 3.8) is 0 Å². The highest BCUT2D eigenvalue weighted by atomic mass is 16.5. The largest absolute Gasteiger partial charge is 0.466 e. The second-order valence-electron chi connectivity index (χ2n) is 6.60. The highest BCUT2D eigenvalue weighted by Crippen LogP contribution is 2.23. The number of benzene rings is 1. The maximum Gasteiger partial charge on any atom is 0.337 e. The third kappa shape index (κ3) is 4.05. The summed E-state index contributed by atoms with van der Waals surface area (Å²) in [7, 11) is 1.29. The Hall–Kier alpha value is -2.38. The topological polar surface area (TPSA) is 82.1 Å². The van der Waals surface area contributed by atoms with E-state index in [0.717, 1.165) is 25.3 Å². The number of carbonyl (C=O) groups excluding carboxylic acids is 2. The van der Waals surface area contributed by atoms with Crippen LogP contribution >= 0.6 is 0 Å². The van der Waals surface area contributed by atoms with Crippen molar-refractivity contribution in [2.75, 3.05) is 45.2 Å². The standard InChI is InChI=1S/C19H25N3O4/c1-26-19(25)16-13-22(10-11-23)18(24)17(16)20-15-6-4-14(5-7-15)12-21-8-2-3-9-21/h4-7,20,23H,2-3,8-13H2,1H3. The Morgan fingerprint density at radius 2 is 1.92 bits per heavy atom. The number of hydrogen-bond acceptors (Lipinski definition) is 6. The van der Waals surface area contributed by atoms with Crippen molar-refractivity contribution >= 4 is 17.6 Å². The van der Waals surface area contributed by atoms with Crippen LogP contribution < -0.4 is 5.32 Å². The molecule has 3 rings (SSSR count). The number of nitrogens with one attached hydrogen (secondary N) is 1. The van der Waals surface area contributed by atoms with Gasteiger partial charge in [0.15, 0.2) is 0 Å². The predicted octanol–water partition coefficient (Wildman–Crippen LogP) is 0.956. The number of β-amino-alcohol motifs (C(OH)–C–C–N with tert-alkyl or cyclic N) is 1. The highest BCUT2D eigenvalue weighted by molar-refractivity contribution is 6.08. The molecule has 0 aliphatic carbocycles. The molecule has 2 aliphatic heterocycles. The second-order valence-corrected chi connectivity index (χ2v) is 6.60. The van der Waals surface area contributed by atoms with E-state index in [4.69, 9.17) is 9.84 Å². The van der Waals surface area contributed by atoms with E-state index in [1.807, 2.05) is 24.3 Å². The fraction of sp³-hybridized carbons (Fsp3) is 0.474. The number of anilines is 1. The summed E-state index contributed by atoms with van der Waals surface area (Å²) < 4.78 is 4.79. The van der Waals surface area contributed by atoms with Crippen LogP contribution in [0, 0.1) is 0 Å². The summed E-state index contributed by atoms with van der Waals surface area (Å²) >= 11 is 0. The number of hydrogen-bond donors (Lipinski definition) is 2. The van der Waals surface area contributed by atoms with Gasteiger partial charge in [0, 0.05) is 18.8 Å². The molecule has 0 unspecified atom stereocenters. The lowest BCUT2D eigenvalue weighted by Crippen LogP contribution is -2.31. The number of aliphatic hydroxyl groups is 1. The van der Waals surface area contributed by atoms with E-state index in [1.54, 1.807) is 0 Å². The molecule has 0 spiro atoms. The third-order valence-corrected chi connectivity index (χ3v) is 4.78. The number of methoxy groups -OCH3 is 1. The monoisotopic (exact) mass is 359 g/mol. The Balaban J connectivity index is 1.72. The van der Waals surface area contributed by atoms with Gasteiger partial charge in [-0.1, -0.05) is 12.1 Å². The third-order valence-electron chi connectivity index (χ3n) is 4.78. The molecule has 1 aromatic carbocycles. The molecule has 7 nitrogen and oxygen atoms in total. The van der Waals surface area contributed by atoms with Crippen molar-refractivity contribution in [3.05, 3.63) is 41.1 Å². The van der Waals surface area contributed by atoms with Gasteiger partial charge in [-0.25, -0.2) is 4.79 Å². The number of aliphatic hydroxyl groups excluding tert-OH is 1. The van der Waals surface area contributed by atoms with E-state index in [0.29, 0.717) is 0 Å². The van der Waals surface area contributed by atoms with Gasteiger partial charge in [0.1, 0.15) is 5.70 Å². The van der Waals surface area contributed by atoms with Crippen LogP contribution in [0.4, 0.5) is 5.69 Å². The van der Waals surface area contributed by atoms with Gasteiger partial charge in [0.05, 0.1) is 25.8 Å².